The van der Waals surface area contributed by atoms with Crippen LogP contribution in [0.25, 0.3) is 0 Å². The lowest BCUT2D eigenvalue weighted by Gasteiger charge is -2.39. The molecule has 84 valence electrons. The van der Waals surface area contributed by atoms with Crippen LogP contribution in [0.4, 0.5) is 0 Å². The lowest BCUT2D eigenvalue weighted by atomic mass is 9.81. The number of hydrogen-bond donors (Lipinski definition) is 1. The van der Waals surface area contributed by atoms with Crippen LogP contribution in [0.3, 0.4) is 0 Å². The predicted molar refractivity (Wildman–Crippen MR) is 62.3 cm³/mol. The van der Waals surface area contributed by atoms with Gasteiger partial charge in [-0.2, -0.15) is 0 Å². The SMILES string of the molecule is CC(C)CN1CCC(C(C)(C)N)CC1. The summed E-state index contributed by atoms with van der Waals surface area (Å²) in [6.07, 6.45) is 2.55. The van der Waals surface area contributed by atoms with Gasteiger partial charge >= 0.3 is 0 Å². The maximum Gasteiger partial charge on any atom is 0.0126 e. The Balaban J connectivity index is 2.31. The molecular formula is C12H26N2. The second kappa shape index (κ2) is 4.63. The standard InChI is InChI=1S/C12H26N2/c1-10(2)9-14-7-5-11(6-8-14)12(3,4)13/h10-11H,5-9,13H2,1-4H3. The number of rotatable bonds is 3. The first-order chi connectivity index (χ1) is 6.39. The van der Waals surface area contributed by atoms with Crippen molar-refractivity contribution in [2.45, 2.75) is 46.1 Å². The molecule has 0 aromatic carbocycles. The number of nitrogens with zero attached hydrogens (tertiary/aromatic N) is 1. The molecule has 0 aliphatic carbocycles. The fourth-order valence-electron chi connectivity index (χ4n) is 2.38. The summed E-state index contributed by atoms with van der Waals surface area (Å²) in [7, 11) is 0. The maximum absolute atomic E-state index is 6.14. The number of nitrogens with two attached hydrogens (primary N) is 1. The molecule has 2 nitrogen and oxygen atoms in total. The van der Waals surface area contributed by atoms with Gasteiger partial charge in [-0.05, 0) is 51.6 Å². The van der Waals surface area contributed by atoms with E-state index in [0.717, 1.165) is 5.92 Å². The molecule has 0 spiro atoms. The van der Waals surface area contributed by atoms with E-state index in [1.165, 1.54) is 32.5 Å². The molecule has 2 heteroatoms. The molecule has 0 aromatic heterocycles. The van der Waals surface area contributed by atoms with Crippen LogP contribution in [-0.2, 0) is 0 Å². The highest BCUT2D eigenvalue weighted by atomic mass is 15.1. The normalized spacial score (nSPS) is 21.9. The minimum absolute atomic E-state index is 0.0178. The molecule has 1 aliphatic heterocycles. The lowest BCUT2D eigenvalue weighted by Crippen LogP contribution is -2.47. The summed E-state index contributed by atoms with van der Waals surface area (Å²) in [5, 5.41) is 0. The van der Waals surface area contributed by atoms with Crippen molar-refractivity contribution < 1.29 is 0 Å². The van der Waals surface area contributed by atoms with Crippen molar-refractivity contribution in [3.05, 3.63) is 0 Å². The van der Waals surface area contributed by atoms with Crippen molar-refractivity contribution in [2.75, 3.05) is 19.6 Å². The van der Waals surface area contributed by atoms with Crippen molar-refractivity contribution in [3.63, 3.8) is 0 Å². The van der Waals surface area contributed by atoms with E-state index in [0.29, 0.717) is 5.92 Å². The van der Waals surface area contributed by atoms with Crippen molar-refractivity contribution in [2.24, 2.45) is 17.6 Å². The van der Waals surface area contributed by atoms with Gasteiger partial charge in [0.15, 0.2) is 0 Å². The van der Waals surface area contributed by atoms with E-state index in [-0.39, 0.29) is 5.54 Å². The monoisotopic (exact) mass is 198 g/mol. The molecule has 1 rings (SSSR count). The molecule has 0 bridgehead atoms. The third-order valence-electron chi connectivity index (χ3n) is 3.26. The molecule has 1 aliphatic rings. The maximum atomic E-state index is 6.14. The summed E-state index contributed by atoms with van der Waals surface area (Å²) in [4.78, 5) is 2.58. The fraction of sp³-hybridized carbons (Fsp3) is 1.00. The largest absolute Gasteiger partial charge is 0.325 e. The molecule has 2 N–H and O–H groups in total. The summed E-state index contributed by atoms with van der Waals surface area (Å²) in [5.74, 6) is 1.50. The van der Waals surface area contributed by atoms with Crippen molar-refractivity contribution in [1.29, 1.82) is 0 Å². The van der Waals surface area contributed by atoms with Gasteiger partial charge in [-0.15, -0.1) is 0 Å². The quantitative estimate of drug-likeness (QED) is 0.752. The van der Waals surface area contributed by atoms with Crippen LogP contribution in [0.15, 0.2) is 0 Å². The van der Waals surface area contributed by atoms with Crippen LogP contribution in [0.2, 0.25) is 0 Å². The first-order valence-electron chi connectivity index (χ1n) is 5.91. The highest BCUT2D eigenvalue weighted by molar-refractivity contribution is 4.86. The minimum Gasteiger partial charge on any atom is -0.325 e. The Labute approximate surface area is 88.8 Å². The summed E-state index contributed by atoms with van der Waals surface area (Å²) in [5.41, 5.74) is 6.16. The van der Waals surface area contributed by atoms with Gasteiger partial charge in [0, 0.05) is 12.1 Å². The molecule has 1 saturated heterocycles. The van der Waals surface area contributed by atoms with Crippen molar-refractivity contribution in [3.8, 4) is 0 Å². The van der Waals surface area contributed by atoms with Crippen LogP contribution in [-0.4, -0.2) is 30.1 Å². The summed E-state index contributed by atoms with van der Waals surface area (Å²) in [6, 6.07) is 0. The second-order valence-electron chi connectivity index (χ2n) is 5.79. The summed E-state index contributed by atoms with van der Waals surface area (Å²) < 4.78 is 0. The van der Waals surface area contributed by atoms with Gasteiger partial charge in [0.05, 0.1) is 0 Å². The van der Waals surface area contributed by atoms with Gasteiger partial charge in [0.25, 0.3) is 0 Å². The molecule has 0 radical (unpaired) electrons. The average molecular weight is 198 g/mol. The Morgan fingerprint density at radius 3 is 2.14 bits per heavy atom. The van der Waals surface area contributed by atoms with Gasteiger partial charge < -0.3 is 10.6 Å². The Kier molecular flexibility index (Phi) is 3.96. The highest BCUT2D eigenvalue weighted by Gasteiger charge is 2.29. The van der Waals surface area contributed by atoms with E-state index in [4.69, 9.17) is 5.73 Å². The zero-order valence-corrected chi connectivity index (χ0v) is 10.2. The van der Waals surface area contributed by atoms with Crippen LogP contribution in [0.5, 0.6) is 0 Å². The van der Waals surface area contributed by atoms with Crippen LogP contribution in [0.1, 0.15) is 40.5 Å². The van der Waals surface area contributed by atoms with Gasteiger partial charge in [-0.25, -0.2) is 0 Å². The van der Waals surface area contributed by atoms with Crippen LogP contribution in [0, 0.1) is 11.8 Å². The zero-order valence-electron chi connectivity index (χ0n) is 10.2. The van der Waals surface area contributed by atoms with E-state index in [9.17, 15) is 0 Å². The highest BCUT2D eigenvalue weighted by Crippen LogP contribution is 2.26. The van der Waals surface area contributed by atoms with Gasteiger partial charge in [-0.1, -0.05) is 13.8 Å². The van der Waals surface area contributed by atoms with Gasteiger partial charge in [-0.3, -0.25) is 0 Å². The van der Waals surface area contributed by atoms with E-state index in [1.807, 2.05) is 0 Å². The Bertz CT molecular complexity index is 162. The Morgan fingerprint density at radius 1 is 1.29 bits per heavy atom. The van der Waals surface area contributed by atoms with Gasteiger partial charge in [0.1, 0.15) is 0 Å². The molecule has 0 aromatic rings. The van der Waals surface area contributed by atoms with Crippen LogP contribution >= 0.6 is 0 Å². The zero-order chi connectivity index (χ0) is 10.8. The number of likely N-dealkylation sites (tertiary alicyclic amines) is 1. The Morgan fingerprint density at radius 2 is 1.79 bits per heavy atom. The number of piperidine rings is 1. The summed E-state index contributed by atoms with van der Waals surface area (Å²) >= 11 is 0. The van der Waals surface area contributed by atoms with E-state index in [1.54, 1.807) is 0 Å². The molecule has 0 amide bonds. The fourth-order valence-corrected chi connectivity index (χ4v) is 2.38. The molecular weight excluding hydrogens is 172 g/mol. The van der Waals surface area contributed by atoms with Crippen molar-refractivity contribution >= 4 is 0 Å². The second-order valence-corrected chi connectivity index (χ2v) is 5.79. The molecule has 1 heterocycles. The smallest absolute Gasteiger partial charge is 0.0126 e. The molecule has 0 atom stereocenters. The van der Waals surface area contributed by atoms with Crippen molar-refractivity contribution in [1.82, 2.24) is 4.90 Å². The molecule has 0 saturated carbocycles. The lowest BCUT2D eigenvalue weighted by molar-refractivity contribution is 0.132. The first-order valence-corrected chi connectivity index (χ1v) is 5.91. The predicted octanol–water partition coefficient (Wildman–Crippen LogP) is 2.09. The number of hydrogen-bond acceptors (Lipinski definition) is 2. The molecule has 1 fully saturated rings. The molecule has 0 unspecified atom stereocenters. The average Bonchev–Trinajstić information content (AvgIpc) is 2.02. The topological polar surface area (TPSA) is 29.3 Å². The van der Waals surface area contributed by atoms with E-state index in [2.05, 4.69) is 32.6 Å². The third kappa shape index (κ3) is 3.58. The minimum atomic E-state index is 0.0178. The van der Waals surface area contributed by atoms with Gasteiger partial charge in [0.2, 0.25) is 0 Å². The van der Waals surface area contributed by atoms with E-state index < -0.39 is 0 Å². The van der Waals surface area contributed by atoms with Crippen LogP contribution < -0.4 is 5.73 Å². The first kappa shape index (κ1) is 12.0. The Hall–Kier alpha value is -0.0800. The van der Waals surface area contributed by atoms with E-state index >= 15 is 0 Å². The molecule has 14 heavy (non-hydrogen) atoms. The summed E-state index contributed by atoms with van der Waals surface area (Å²) in [6.45, 7) is 12.6. The third-order valence-corrected chi connectivity index (χ3v) is 3.26.